The Hall–Kier alpha value is -0.680. The van der Waals surface area contributed by atoms with E-state index in [0.29, 0.717) is 0 Å². The maximum Gasteiger partial charge on any atom is 0.0537 e. The third-order valence-corrected chi connectivity index (χ3v) is 3.30. The van der Waals surface area contributed by atoms with Gasteiger partial charge in [-0.2, -0.15) is 5.10 Å². The van der Waals surface area contributed by atoms with Gasteiger partial charge in [0.2, 0.25) is 0 Å². The minimum Gasteiger partial charge on any atom is -0.313 e. The molecule has 0 fully saturated rings. The largest absolute Gasteiger partial charge is 0.313 e. The van der Waals surface area contributed by atoms with Crippen molar-refractivity contribution in [3.05, 3.63) is 17.5 Å². The van der Waals surface area contributed by atoms with Crippen molar-refractivity contribution >= 4 is 10.8 Å². The average molecular weight is 229 g/mol. The third kappa shape index (κ3) is 4.13. The second-order valence-electron chi connectivity index (χ2n) is 3.69. The van der Waals surface area contributed by atoms with Gasteiger partial charge in [0.25, 0.3) is 0 Å². The van der Waals surface area contributed by atoms with E-state index in [4.69, 9.17) is 0 Å². The van der Waals surface area contributed by atoms with Crippen LogP contribution < -0.4 is 5.32 Å². The number of nitrogens with one attached hydrogen (secondary N) is 1. The molecular weight excluding hydrogens is 210 g/mol. The average Bonchev–Trinajstić information content (AvgIpc) is 2.48. The van der Waals surface area contributed by atoms with E-state index in [0.717, 1.165) is 25.3 Å². The Labute approximate surface area is 93.5 Å². The van der Waals surface area contributed by atoms with Gasteiger partial charge < -0.3 is 5.32 Å². The predicted molar refractivity (Wildman–Crippen MR) is 63.2 cm³/mol. The highest BCUT2D eigenvalue weighted by Crippen LogP contribution is 2.04. The van der Waals surface area contributed by atoms with Gasteiger partial charge in [-0.25, -0.2) is 0 Å². The fourth-order valence-electron chi connectivity index (χ4n) is 1.34. The molecule has 4 nitrogen and oxygen atoms in total. The van der Waals surface area contributed by atoms with Gasteiger partial charge in [0.05, 0.1) is 6.20 Å². The van der Waals surface area contributed by atoms with Crippen LogP contribution in [-0.4, -0.2) is 32.5 Å². The van der Waals surface area contributed by atoms with Crippen LogP contribution in [0.25, 0.3) is 0 Å². The third-order valence-electron chi connectivity index (χ3n) is 2.44. The zero-order valence-electron chi connectivity index (χ0n) is 9.62. The summed E-state index contributed by atoms with van der Waals surface area (Å²) in [6.45, 7) is 3.81. The molecule has 15 heavy (non-hydrogen) atoms. The molecule has 0 radical (unpaired) electrons. The summed E-state index contributed by atoms with van der Waals surface area (Å²) in [5, 5.41) is 7.49. The monoisotopic (exact) mass is 229 g/mol. The van der Waals surface area contributed by atoms with Gasteiger partial charge in [-0.1, -0.05) is 0 Å². The lowest BCUT2D eigenvalue weighted by atomic mass is 10.2. The second-order valence-corrected chi connectivity index (χ2v) is 5.24. The maximum absolute atomic E-state index is 10.8. The molecule has 0 aromatic carbocycles. The molecule has 0 saturated carbocycles. The minimum absolute atomic E-state index is 0.670. The lowest BCUT2D eigenvalue weighted by Gasteiger charge is -2.03. The molecular formula is C10H19N3OS. The van der Waals surface area contributed by atoms with Crippen LogP contribution in [0.4, 0.5) is 0 Å². The van der Waals surface area contributed by atoms with Crippen LogP contribution in [0.15, 0.2) is 6.20 Å². The number of rotatable bonds is 6. The van der Waals surface area contributed by atoms with E-state index in [1.165, 1.54) is 11.3 Å². The van der Waals surface area contributed by atoms with Crippen molar-refractivity contribution in [3.63, 3.8) is 0 Å². The Morgan fingerprint density at radius 2 is 2.33 bits per heavy atom. The molecule has 0 aliphatic rings. The molecule has 1 heterocycles. The fraction of sp³-hybridized carbons (Fsp3) is 0.700. The molecule has 1 atom stereocenters. The van der Waals surface area contributed by atoms with Gasteiger partial charge in [-0.15, -0.1) is 0 Å². The first-order valence-electron chi connectivity index (χ1n) is 5.09. The molecule has 0 spiro atoms. The van der Waals surface area contributed by atoms with E-state index < -0.39 is 10.8 Å². The SMILES string of the molecule is Cc1c(CNCCCS(C)=O)cnn1C. The van der Waals surface area contributed by atoms with E-state index in [-0.39, 0.29) is 0 Å². The number of hydrogen-bond donors (Lipinski definition) is 1. The highest BCUT2D eigenvalue weighted by atomic mass is 32.2. The van der Waals surface area contributed by atoms with Crippen LogP contribution in [0.2, 0.25) is 0 Å². The van der Waals surface area contributed by atoms with Crippen LogP contribution in [0.1, 0.15) is 17.7 Å². The summed E-state index contributed by atoms with van der Waals surface area (Å²) < 4.78 is 12.7. The van der Waals surface area contributed by atoms with E-state index in [9.17, 15) is 4.21 Å². The first kappa shape index (κ1) is 12.4. The fourth-order valence-corrected chi connectivity index (χ4v) is 1.89. The Bertz CT molecular complexity index is 335. The van der Waals surface area contributed by atoms with Gasteiger partial charge in [-0.05, 0) is 19.9 Å². The van der Waals surface area contributed by atoms with Crippen molar-refractivity contribution < 1.29 is 4.21 Å². The summed E-state index contributed by atoms with van der Waals surface area (Å²) in [7, 11) is 1.27. The number of hydrogen-bond acceptors (Lipinski definition) is 3. The zero-order chi connectivity index (χ0) is 11.3. The first-order valence-corrected chi connectivity index (χ1v) is 6.82. The standard InChI is InChI=1S/C10H19N3OS/c1-9-10(8-12-13(9)2)7-11-5-4-6-15(3)14/h8,11H,4-7H2,1-3H3. The molecule has 1 aromatic heterocycles. The second kappa shape index (κ2) is 6.02. The van der Waals surface area contributed by atoms with Crippen molar-refractivity contribution in [2.24, 2.45) is 7.05 Å². The summed E-state index contributed by atoms with van der Waals surface area (Å²) in [6.07, 6.45) is 4.59. The molecule has 1 unspecified atom stereocenters. The van der Waals surface area contributed by atoms with Crippen LogP contribution >= 0.6 is 0 Å². The van der Waals surface area contributed by atoms with E-state index >= 15 is 0 Å². The topological polar surface area (TPSA) is 46.9 Å². The molecule has 0 aliphatic heterocycles. The van der Waals surface area contributed by atoms with E-state index in [2.05, 4.69) is 17.3 Å². The number of nitrogens with zero attached hydrogens (tertiary/aromatic N) is 2. The normalized spacial score (nSPS) is 13.0. The number of aryl methyl sites for hydroxylation is 1. The van der Waals surface area contributed by atoms with Gasteiger partial charge in [0, 0.05) is 47.7 Å². The van der Waals surface area contributed by atoms with Crippen molar-refractivity contribution in [2.45, 2.75) is 19.9 Å². The predicted octanol–water partition coefficient (Wildman–Crippen LogP) is 0.587. The molecule has 0 aliphatic carbocycles. The van der Waals surface area contributed by atoms with Crippen LogP contribution in [0.3, 0.4) is 0 Å². The smallest absolute Gasteiger partial charge is 0.0537 e. The molecule has 0 bridgehead atoms. The molecule has 0 amide bonds. The summed E-state index contributed by atoms with van der Waals surface area (Å²) in [6, 6.07) is 0. The van der Waals surface area contributed by atoms with Crippen molar-refractivity contribution in [1.82, 2.24) is 15.1 Å². The van der Waals surface area contributed by atoms with Gasteiger partial charge in [0.15, 0.2) is 0 Å². The Balaban J connectivity index is 2.20. The summed E-state index contributed by atoms with van der Waals surface area (Å²) in [5.41, 5.74) is 2.43. The van der Waals surface area contributed by atoms with Gasteiger partial charge in [0.1, 0.15) is 0 Å². The van der Waals surface area contributed by atoms with Crippen LogP contribution in [0.5, 0.6) is 0 Å². The molecule has 1 rings (SSSR count). The maximum atomic E-state index is 10.8. The summed E-state index contributed by atoms with van der Waals surface area (Å²) >= 11 is 0. The Morgan fingerprint density at radius 3 is 2.87 bits per heavy atom. The Morgan fingerprint density at radius 1 is 1.60 bits per heavy atom. The van der Waals surface area contributed by atoms with Crippen LogP contribution in [-0.2, 0) is 24.4 Å². The molecule has 1 aromatic rings. The molecule has 86 valence electrons. The van der Waals surface area contributed by atoms with E-state index in [1.807, 2.05) is 17.9 Å². The highest BCUT2D eigenvalue weighted by molar-refractivity contribution is 7.84. The lowest BCUT2D eigenvalue weighted by Crippen LogP contribution is -2.17. The molecule has 5 heteroatoms. The molecule has 1 N–H and O–H groups in total. The minimum atomic E-state index is -0.670. The first-order chi connectivity index (χ1) is 7.11. The highest BCUT2D eigenvalue weighted by Gasteiger charge is 2.02. The van der Waals surface area contributed by atoms with Crippen molar-refractivity contribution in [1.29, 1.82) is 0 Å². The Kier molecular flexibility index (Phi) is 4.98. The lowest BCUT2D eigenvalue weighted by molar-refractivity contribution is 0.659. The quantitative estimate of drug-likeness (QED) is 0.726. The number of aromatic nitrogens is 2. The van der Waals surface area contributed by atoms with Crippen molar-refractivity contribution in [2.75, 3.05) is 18.6 Å². The van der Waals surface area contributed by atoms with E-state index in [1.54, 1.807) is 6.26 Å². The summed E-state index contributed by atoms with van der Waals surface area (Å²) in [5.74, 6) is 0.777. The van der Waals surface area contributed by atoms with Gasteiger partial charge in [-0.3, -0.25) is 8.89 Å². The molecule has 0 saturated heterocycles. The zero-order valence-corrected chi connectivity index (χ0v) is 10.4. The van der Waals surface area contributed by atoms with Crippen LogP contribution in [0, 0.1) is 6.92 Å². The van der Waals surface area contributed by atoms with Crippen molar-refractivity contribution in [3.8, 4) is 0 Å². The van der Waals surface area contributed by atoms with Gasteiger partial charge >= 0.3 is 0 Å². The summed E-state index contributed by atoms with van der Waals surface area (Å²) in [4.78, 5) is 0.